The fourth-order valence-corrected chi connectivity index (χ4v) is 9.62. The average molecular weight is 780 g/mol. The number of hydrogen-bond donors (Lipinski definition) is 0. The number of fused-ring (bicyclic) bond motifs is 7. The van der Waals surface area contributed by atoms with E-state index >= 15 is 0 Å². The monoisotopic (exact) mass is 779 g/mol. The van der Waals surface area contributed by atoms with Gasteiger partial charge in [0.2, 0.25) is 0 Å². The van der Waals surface area contributed by atoms with Crippen LogP contribution in [0.15, 0.2) is 229 Å². The fraction of sp³-hybridized carbons (Fsp3) is 0.0175. The first-order chi connectivity index (χ1) is 30.2. The summed E-state index contributed by atoms with van der Waals surface area (Å²) in [6.07, 6.45) is 0. The van der Waals surface area contributed by atoms with Crippen LogP contribution in [0.4, 0.5) is 0 Å². The maximum atomic E-state index is 6.56. The van der Waals surface area contributed by atoms with E-state index in [-0.39, 0.29) is 0 Å². The van der Waals surface area contributed by atoms with Crippen molar-refractivity contribution in [1.82, 2.24) is 14.5 Å². The molecular weight excluding hydrogens is 743 g/mol. The lowest BCUT2D eigenvalue weighted by molar-refractivity contribution is 0.669. The molecule has 0 aliphatic rings. The summed E-state index contributed by atoms with van der Waals surface area (Å²) in [5.41, 5.74) is 13.0. The average Bonchev–Trinajstić information content (AvgIpc) is 3.86. The Hall–Kier alpha value is -8.08. The maximum Gasteiger partial charge on any atom is 0.160 e. The summed E-state index contributed by atoms with van der Waals surface area (Å²) in [4.78, 5) is 10.4. The Bertz CT molecular complexity index is 3480. The zero-order chi connectivity index (χ0) is 40.3. The van der Waals surface area contributed by atoms with E-state index in [0.29, 0.717) is 5.82 Å². The molecule has 4 nitrogen and oxygen atoms in total. The van der Waals surface area contributed by atoms with Crippen molar-refractivity contribution in [1.29, 1.82) is 0 Å². The minimum atomic E-state index is -0.598. The summed E-state index contributed by atoms with van der Waals surface area (Å²) in [6, 6.07) is 79.9. The predicted octanol–water partition coefficient (Wildman–Crippen LogP) is 14.3. The summed E-state index contributed by atoms with van der Waals surface area (Å²) >= 11 is 0. The Morgan fingerprint density at radius 1 is 0.361 bits per heavy atom. The highest BCUT2D eigenvalue weighted by Gasteiger charge is 2.38. The minimum Gasteiger partial charge on any atom is -0.456 e. The topological polar surface area (TPSA) is 43.9 Å². The number of aromatic nitrogens is 3. The van der Waals surface area contributed by atoms with Crippen LogP contribution >= 0.6 is 0 Å². The second-order valence-electron chi connectivity index (χ2n) is 15.7. The smallest absolute Gasteiger partial charge is 0.160 e. The highest BCUT2D eigenvalue weighted by Crippen LogP contribution is 2.47. The van der Waals surface area contributed by atoms with Gasteiger partial charge in [-0.15, -0.1) is 0 Å². The number of para-hydroxylation sites is 2. The second kappa shape index (κ2) is 14.0. The molecule has 0 atom stereocenters. The van der Waals surface area contributed by atoms with Crippen molar-refractivity contribution in [2.24, 2.45) is 0 Å². The Labute approximate surface area is 352 Å². The number of hydrogen-bond acceptors (Lipinski definition) is 3. The van der Waals surface area contributed by atoms with Gasteiger partial charge in [-0.3, -0.25) is 0 Å². The molecule has 0 spiro atoms. The molecule has 0 saturated carbocycles. The lowest BCUT2D eigenvalue weighted by Gasteiger charge is -2.37. The third kappa shape index (κ3) is 5.53. The van der Waals surface area contributed by atoms with Gasteiger partial charge >= 0.3 is 0 Å². The minimum absolute atomic E-state index is 0.598. The van der Waals surface area contributed by atoms with Crippen LogP contribution in [0.5, 0.6) is 0 Å². The summed E-state index contributed by atoms with van der Waals surface area (Å²) in [6.45, 7) is 0. The van der Waals surface area contributed by atoms with Crippen LogP contribution in [0, 0.1) is 0 Å². The van der Waals surface area contributed by atoms with Crippen LogP contribution in [-0.4, -0.2) is 14.5 Å². The zero-order valence-corrected chi connectivity index (χ0v) is 33.1. The first-order valence-corrected chi connectivity index (χ1v) is 20.7. The molecule has 286 valence electrons. The van der Waals surface area contributed by atoms with E-state index in [1.807, 2.05) is 18.2 Å². The number of furan rings is 1. The molecule has 3 heterocycles. The predicted molar refractivity (Wildman–Crippen MR) is 250 cm³/mol. The van der Waals surface area contributed by atoms with Gasteiger partial charge in [0.25, 0.3) is 0 Å². The SMILES string of the molecule is c1ccc(-c2nc(-c3cccc(-n4c5ccc(C(c6ccccc6)(c6ccccc6)c6ccccc6)cc5c5cc6oc7ccccc7c6cc54)c3)nc3ccccc23)cc1. The lowest BCUT2D eigenvalue weighted by Crippen LogP contribution is -2.30. The molecule has 4 heteroatoms. The van der Waals surface area contributed by atoms with Crippen LogP contribution in [0.3, 0.4) is 0 Å². The van der Waals surface area contributed by atoms with Gasteiger partial charge in [-0.25, -0.2) is 9.97 Å². The first kappa shape index (κ1) is 34.9. The Kier molecular flexibility index (Phi) is 8.04. The molecule has 0 amide bonds. The van der Waals surface area contributed by atoms with E-state index in [9.17, 15) is 0 Å². The van der Waals surface area contributed by atoms with E-state index in [4.69, 9.17) is 14.4 Å². The van der Waals surface area contributed by atoms with Gasteiger partial charge in [0, 0.05) is 43.7 Å². The standard InChI is InChI=1S/C57H37N3O/c1-5-18-38(19-6-1)55-46-29-13-15-30-50(46)58-56(59-55)39-20-17-27-44(34-39)60-51-33-32-43(35-47(51)48-37-54-49(36-52(48)60)45-28-14-16-31-53(45)61-54)57(40-21-7-2-8-22-40,41-23-9-3-10-24-41)42-25-11-4-12-26-42/h1-37H. The Morgan fingerprint density at radius 2 is 0.951 bits per heavy atom. The van der Waals surface area contributed by atoms with Crippen molar-refractivity contribution in [2.75, 3.05) is 0 Å². The summed E-state index contributed by atoms with van der Waals surface area (Å²) in [5, 5.41) is 5.47. The number of nitrogens with zero attached hydrogens (tertiary/aromatic N) is 3. The van der Waals surface area contributed by atoms with E-state index in [1.54, 1.807) is 0 Å². The maximum absolute atomic E-state index is 6.56. The van der Waals surface area contributed by atoms with Crippen LogP contribution < -0.4 is 0 Å². The molecular formula is C57H37N3O. The van der Waals surface area contributed by atoms with E-state index < -0.39 is 5.41 Å². The lowest BCUT2D eigenvalue weighted by atomic mass is 9.65. The van der Waals surface area contributed by atoms with Crippen molar-refractivity contribution in [3.8, 4) is 28.3 Å². The molecule has 0 aliphatic carbocycles. The van der Waals surface area contributed by atoms with E-state index in [2.05, 4.69) is 211 Å². The largest absolute Gasteiger partial charge is 0.456 e. The van der Waals surface area contributed by atoms with Gasteiger partial charge < -0.3 is 8.98 Å². The first-order valence-electron chi connectivity index (χ1n) is 20.7. The molecule has 9 aromatic carbocycles. The molecule has 0 aliphatic heterocycles. The highest BCUT2D eigenvalue weighted by molar-refractivity contribution is 6.17. The second-order valence-corrected chi connectivity index (χ2v) is 15.7. The van der Waals surface area contributed by atoms with Crippen molar-refractivity contribution in [3.63, 3.8) is 0 Å². The number of benzene rings is 9. The summed E-state index contributed by atoms with van der Waals surface area (Å²) in [5.74, 6) is 0.684. The van der Waals surface area contributed by atoms with Crippen LogP contribution in [-0.2, 0) is 5.41 Å². The Morgan fingerprint density at radius 3 is 1.66 bits per heavy atom. The highest BCUT2D eigenvalue weighted by atomic mass is 16.3. The molecule has 12 rings (SSSR count). The third-order valence-electron chi connectivity index (χ3n) is 12.3. The van der Waals surface area contributed by atoms with Gasteiger partial charge in [-0.05, 0) is 70.8 Å². The Balaban J connectivity index is 1.14. The molecule has 0 radical (unpaired) electrons. The summed E-state index contributed by atoms with van der Waals surface area (Å²) < 4.78 is 8.96. The van der Waals surface area contributed by atoms with Crippen LogP contribution in [0.1, 0.15) is 22.3 Å². The fourth-order valence-electron chi connectivity index (χ4n) is 9.62. The summed E-state index contributed by atoms with van der Waals surface area (Å²) in [7, 11) is 0. The quantitative estimate of drug-likeness (QED) is 0.151. The van der Waals surface area contributed by atoms with E-state index in [1.165, 1.54) is 22.3 Å². The number of rotatable bonds is 7. The molecule has 0 saturated heterocycles. The molecule has 0 bridgehead atoms. The van der Waals surface area contributed by atoms with Gasteiger partial charge in [0.1, 0.15) is 11.2 Å². The van der Waals surface area contributed by atoms with Gasteiger partial charge in [0.15, 0.2) is 5.82 Å². The van der Waals surface area contributed by atoms with Gasteiger partial charge in [-0.1, -0.05) is 176 Å². The van der Waals surface area contributed by atoms with Gasteiger partial charge in [-0.2, -0.15) is 0 Å². The van der Waals surface area contributed by atoms with Crippen molar-refractivity contribution >= 4 is 54.6 Å². The molecule has 61 heavy (non-hydrogen) atoms. The molecule has 0 fully saturated rings. The van der Waals surface area contributed by atoms with Crippen molar-refractivity contribution in [3.05, 3.63) is 247 Å². The molecule has 0 N–H and O–H groups in total. The van der Waals surface area contributed by atoms with E-state index in [0.717, 1.165) is 77.2 Å². The van der Waals surface area contributed by atoms with Crippen LogP contribution in [0.25, 0.3) is 83.0 Å². The van der Waals surface area contributed by atoms with Gasteiger partial charge in [0.05, 0.1) is 27.7 Å². The molecule has 3 aromatic heterocycles. The zero-order valence-electron chi connectivity index (χ0n) is 33.1. The van der Waals surface area contributed by atoms with Crippen molar-refractivity contribution in [2.45, 2.75) is 5.41 Å². The third-order valence-corrected chi connectivity index (χ3v) is 12.3. The normalized spacial score (nSPS) is 11.9. The van der Waals surface area contributed by atoms with Crippen LogP contribution in [0.2, 0.25) is 0 Å². The molecule has 12 aromatic rings. The van der Waals surface area contributed by atoms with Crippen molar-refractivity contribution < 1.29 is 4.42 Å². The molecule has 0 unspecified atom stereocenters.